The maximum absolute atomic E-state index is 13.1. The fourth-order valence-corrected chi connectivity index (χ4v) is 4.42. The van der Waals surface area contributed by atoms with Crippen molar-refractivity contribution >= 4 is 34.8 Å². The third-order valence-corrected chi connectivity index (χ3v) is 6.08. The number of carbonyl (C=O) groups is 1. The SMILES string of the molecule is CCn1c(N2CCNCC2)nc2nc(Sc3ccccc3C(=O)O)n(C)c(=O)c21. The van der Waals surface area contributed by atoms with E-state index >= 15 is 0 Å². The van der Waals surface area contributed by atoms with E-state index in [1.807, 2.05) is 11.5 Å². The van der Waals surface area contributed by atoms with Crippen LogP contribution in [-0.4, -0.2) is 56.4 Å². The Morgan fingerprint density at radius 1 is 1.24 bits per heavy atom. The van der Waals surface area contributed by atoms with Crippen LogP contribution in [0.2, 0.25) is 0 Å². The highest BCUT2D eigenvalue weighted by atomic mass is 32.2. The number of piperazine rings is 1. The molecule has 4 rings (SSSR count). The van der Waals surface area contributed by atoms with E-state index in [4.69, 9.17) is 0 Å². The molecule has 0 bridgehead atoms. The van der Waals surface area contributed by atoms with Gasteiger partial charge in [0.1, 0.15) is 0 Å². The van der Waals surface area contributed by atoms with Gasteiger partial charge in [-0.2, -0.15) is 4.98 Å². The number of rotatable bonds is 5. The summed E-state index contributed by atoms with van der Waals surface area (Å²) in [6.45, 7) is 5.96. The molecule has 3 aromatic rings. The molecule has 0 unspecified atom stereocenters. The minimum Gasteiger partial charge on any atom is -0.478 e. The number of carboxylic acid groups (broad SMARTS) is 1. The number of hydrogen-bond acceptors (Lipinski definition) is 7. The molecule has 0 atom stereocenters. The largest absolute Gasteiger partial charge is 0.478 e. The summed E-state index contributed by atoms with van der Waals surface area (Å²) in [5.41, 5.74) is 0.840. The van der Waals surface area contributed by atoms with Crippen molar-refractivity contribution in [2.45, 2.75) is 23.5 Å². The number of nitrogens with one attached hydrogen (secondary N) is 1. The van der Waals surface area contributed by atoms with Crippen LogP contribution in [0.3, 0.4) is 0 Å². The average molecular weight is 414 g/mol. The predicted octanol–water partition coefficient (Wildman–Crippen LogP) is 1.41. The molecule has 9 nitrogen and oxygen atoms in total. The summed E-state index contributed by atoms with van der Waals surface area (Å²) in [5, 5.41) is 13.1. The predicted molar refractivity (Wildman–Crippen MR) is 111 cm³/mol. The van der Waals surface area contributed by atoms with Gasteiger partial charge in [0.15, 0.2) is 16.3 Å². The molecular weight excluding hydrogens is 392 g/mol. The minimum atomic E-state index is -1.02. The second-order valence-electron chi connectivity index (χ2n) is 6.73. The van der Waals surface area contributed by atoms with Crippen molar-refractivity contribution in [1.29, 1.82) is 0 Å². The minimum absolute atomic E-state index is 0.174. The fourth-order valence-electron chi connectivity index (χ4n) is 3.46. The second kappa shape index (κ2) is 7.88. The molecular formula is C19H22N6O3S. The number of anilines is 1. The fraction of sp³-hybridized carbons (Fsp3) is 0.368. The Morgan fingerprint density at radius 3 is 2.66 bits per heavy atom. The van der Waals surface area contributed by atoms with Crippen molar-refractivity contribution in [2.75, 3.05) is 31.1 Å². The molecule has 1 aliphatic heterocycles. The van der Waals surface area contributed by atoms with Gasteiger partial charge in [-0.3, -0.25) is 9.36 Å². The zero-order chi connectivity index (χ0) is 20.5. The van der Waals surface area contributed by atoms with Crippen molar-refractivity contribution in [3.63, 3.8) is 0 Å². The first kappa shape index (κ1) is 19.5. The van der Waals surface area contributed by atoms with Crippen LogP contribution in [-0.2, 0) is 13.6 Å². The lowest BCUT2D eigenvalue weighted by atomic mass is 10.2. The van der Waals surface area contributed by atoms with Gasteiger partial charge in [-0.1, -0.05) is 23.9 Å². The number of benzene rings is 1. The van der Waals surface area contributed by atoms with Gasteiger partial charge < -0.3 is 19.9 Å². The van der Waals surface area contributed by atoms with Crippen LogP contribution in [0, 0.1) is 0 Å². The molecule has 1 fully saturated rings. The molecule has 152 valence electrons. The first-order valence-electron chi connectivity index (χ1n) is 9.44. The number of aryl methyl sites for hydroxylation is 1. The van der Waals surface area contributed by atoms with Crippen LogP contribution in [0.4, 0.5) is 5.95 Å². The van der Waals surface area contributed by atoms with Gasteiger partial charge in [-0.15, -0.1) is 0 Å². The lowest BCUT2D eigenvalue weighted by Crippen LogP contribution is -2.44. The molecule has 3 heterocycles. The van der Waals surface area contributed by atoms with Crippen molar-refractivity contribution in [2.24, 2.45) is 7.05 Å². The Bertz CT molecular complexity index is 1130. The number of hydrogen-bond donors (Lipinski definition) is 2. The van der Waals surface area contributed by atoms with Crippen LogP contribution in [0.1, 0.15) is 17.3 Å². The highest BCUT2D eigenvalue weighted by Gasteiger charge is 2.23. The molecule has 0 saturated carbocycles. The molecule has 0 amide bonds. The molecule has 0 spiro atoms. The first-order chi connectivity index (χ1) is 14.0. The van der Waals surface area contributed by atoms with Gasteiger partial charge in [0, 0.05) is 44.7 Å². The quantitative estimate of drug-likeness (QED) is 0.604. The van der Waals surface area contributed by atoms with E-state index < -0.39 is 5.97 Å². The smallest absolute Gasteiger partial charge is 0.336 e. The number of aromatic nitrogens is 4. The van der Waals surface area contributed by atoms with E-state index in [0.29, 0.717) is 27.8 Å². The zero-order valence-corrected chi connectivity index (χ0v) is 17.1. The molecule has 2 N–H and O–H groups in total. The molecule has 10 heteroatoms. The monoisotopic (exact) mass is 414 g/mol. The van der Waals surface area contributed by atoms with E-state index in [-0.39, 0.29) is 11.1 Å². The maximum atomic E-state index is 13.1. The highest BCUT2D eigenvalue weighted by molar-refractivity contribution is 7.99. The summed E-state index contributed by atoms with van der Waals surface area (Å²) in [7, 11) is 1.65. The molecule has 0 aliphatic carbocycles. The Kier molecular flexibility index (Phi) is 5.29. The van der Waals surface area contributed by atoms with Gasteiger partial charge >= 0.3 is 5.97 Å². The summed E-state index contributed by atoms with van der Waals surface area (Å²) >= 11 is 1.15. The molecule has 1 saturated heterocycles. The van der Waals surface area contributed by atoms with Gasteiger partial charge in [0.2, 0.25) is 5.95 Å². The van der Waals surface area contributed by atoms with E-state index in [1.165, 1.54) is 10.6 Å². The summed E-state index contributed by atoms with van der Waals surface area (Å²) in [6.07, 6.45) is 0. The second-order valence-corrected chi connectivity index (χ2v) is 7.74. The third-order valence-electron chi connectivity index (χ3n) is 4.96. The Balaban J connectivity index is 1.82. The Morgan fingerprint density at radius 2 is 1.97 bits per heavy atom. The number of carboxylic acids is 1. The van der Waals surface area contributed by atoms with Crippen LogP contribution in [0.15, 0.2) is 39.1 Å². The Labute approximate surface area is 171 Å². The zero-order valence-electron chi connectivity index (χ0n) is 16.3. The van der Waals surface area contributed by atoms with Gasteiger partial charge in [-0.05, 0) is 19.1 Å². The van der Waals surface area contributed by atoms with E-state index in [0.717, 1.165) is 43.9 Å². The van der Waals surface area contributed by atoms with E-state index in [2.05, 4.69) is 20.2 Å². The van der Waals surface area contributed by atoms with Crippen LogP contribution >= 0.6 is 11.8 Å². The normalized spacial score (nSPS) is 14.5. The number of nitrogens with zero attached hydrogens (tertiary/aromatic N) is 5. The summed E-state index contributed by atoms with van der Waals surface area (Å²) in [5.74, 6) is -0.267. The van der Waals surface area contributed by atoms with E-state index in [9.17, 15) is 14.7 Å². The topological polar surface area (TPSA) is 105 Å². The number of fused-ring (bicyclic) bond motifs is 1. The number of imidazole rings is 1. The Hall–Kier alpha value is -2.85. The average Bonchev–Trinajstić information content (AvgIpc) is 3.11. The molecule has 0 radical (unpaired) electrons. The van der Waals surface area contributed by atoms with E-state index in [1.54, 1.807) is 25.2 Å². The molecule has 2 aromatic heterocycles. The van der Waals surface area contributed by atoms with Crippen LogP contribution < -0.4 is 15.8 Å². The standard InChI is InChI=1S/C19H22N6O3S/c1-3-25-14-15(21-18(25)24-10-8-20-9-11-24)22-19(23(2)16(14)26)29-13-7-5-4-6-12(13)17(27)28/h4-7,20H,3,8-11H2,1-2H3,(H,27,28). The van der Waals surface area contributed by atoms with Crippen LogP contribution in [0.25, 0.3) is 11.2 Å². The maximum Gasteiger partial charge on any atom is 0.336 e. The lowest BCUT2D eigenvalue weighted by Gasteiger charge is -2.28. The van der Waals surface area contributed by atoms with Gasteiger partial charge in [0.05, 0.1) is 5.56 Å². The highest BCUT2D eigenvalue weighted by Crippen LogP contribution is 2.30. The summed E-state index contributed by atoms with van der Waals surface area (Å²) < 4.78 is 3.37. The third kappa shape index (κ3) is 3.49. The summed E-state index contributed by atoms with van der Waals surface area (Å²) in [6, 6.07) is 6.68. The molecule has 29 heavy (non-hydrogen) atoms. The lowest BCUT2D eigenvalue weighted by molar-refractivity contribution is 0.0693. The molecule has 1 aliphatic rings. The van der Waals surface area contributed by atoms with Crippen molar-refractivity contribution in [1.82, 2.24) is 24.4 Å². The van der Waals surface area contributed by atoms with Crippen molar-refractivity contribution in [3.8, 4) is 0 Å². The number of aromatic carboxylic acids is 1. The van der Waals surface area contributed by atoms with Crippen molar-refractivity contribution in [3.05, 3.63) is 40.2 Å². The first-order valence-corrected chi connectivity index (χ1v) is 10.3. The van der Waals surface area contributed by atoms with Crippen molar-refractivity contribution < 1.29 is 9.90 Å². The van der Waals surface area contributed by atoms with Crippen LogP contribution in [0.5, 0.6) is 0 Å². The van der Waals surface area contributed by atoms with Gasteiger partial charge in [-0.25, -0.2) is 9.78 Å². The molecule has 1 aromatic carbocycles. The summed E-state index contributed by atoms with van der Waals surface area (Å²) in [4.78, 5) is 36.6. The van der Waals surface area contributed by atoms with Gasteiger partial charge in [0.25, 0.3) is 5.56 Å².